The average Bonchev–Trinajstić information content (AvgIpc) is 2.89. The van der Waals surface area contributed by atoms with Crippen LogP contribution in [-0.2, 0) is 11.3 Å². The molecule has 0 spiro atoms. The number of nitrogens with zero attached hydrogens (tertiary/aromatic N) is 1. The van der Waals surface area contributed by atoms with Gasteiger partial charge in [0.1, 0.15) is 0 Å². The second-order valence-corrected chi connectivity index (χ2v) is 5.44. The Morgan fingerprint density at radius 3 is 3.05 bits per heavy atom. The van der Waals surface area contributed by atoms with E-state index in [1.165, 1.54) is 7.11 Å². The minimum atomic E-state index is -0.461. The number of halogens is 2. The van der Waals surface area contributed by atoms with Gasteiger partial charge in [0.25, 0.3) is 0 Å². The van der Waals surface area contributed by atoms with E-state index in [-0.39, 0.29) is 18.4 Å². The molecule has 0 aliphatic carbocycles. The van der Waals surface area contributed by atoms with Gasteiger partial charge in [0, 0.05) is 19.6 Å². The molecule has 0 bridgehead atoms. The van der Waals surface area contributed by atoms with Crippen LogP contribution in [0.2, 0.25) is 0 Å². The van der Waals surface area contributed by atoms with Crippen molar-refractivity contribution in [2.75, 3.05) is 25.1 Å². The van der Waals surface area contributed by atoms with Gasteiger partial charge in [-0.3, -0.25) is 0 Å². The summed E-state index contributed by atoms with van der Waals surface area (Å²) < 4.78 is 19.3. The zero-order valence-electron chi connectivity index (χ0n) is 11.2. The third-order valence-electron chi connectivity index (χ3n) is 3.40. The van der Waals surface area contributed by atoms with Crippen molar-refractivity contribution in [3.63, 3.8) is 0 Å². The van der Waals surface area contributed by atoms with Crippen LogP contribution < -0.4 is 16.0 Å². The standard InChI is InChI=1S/C13H17BrFN3O2/c1-20-13(19)17-9-4-5-18(7-9)10-3-2-8(6-16)11(14)12(10)15/h2-3,9H,4-7,16H2,1H3,(H,17,19). The van der Waals surface area contributed by atoms with Crippen LogP contribution in [0.1, 0.15) is 12.0 Å². The molecule has 1 aliphatic heterocycles. The van der Waals surface area contributed by atoms with Gasteiger partial charge < -0.3 is 20.7 Å². The molecular weight excluding hydrogens is 329 g/mol. The van der Waals surface area contributed by atoms with E-state index in [1.807, 2.05) is 11.0 Å². The molecule has 5 nitrogen and oxygen atoms in total. The predicted octanol–water partition coefficient (Wildman–Crippen LogP) is 1.98. The molecule has 1 aliphatic rings. The zero-order valence-corrected chi connectivity index (χ0v) is 12.7. The average molecular weight is 346 g/mol. The van der Waals surface area contributed by atoms with Crippen LogP contribution in [0.15, 0.2) is 16.6 Å². The molecule has 110 valence electrons. The molecule has 3 N–H and O–H groups in total. The van der Waals surface area contributed by atoms with Gasteiger partial charge in [-0.2, -0.15) is 0 Å². The highest BCUT2D eigenvalue weighted by Crippen LogP contribution is 2.31. The summed E-state index contributed by atoms with van der Waals surface area (Å²) in [7, 11) is 1.32. The Balaban J connectivity index is 2.10. The summed E-state index contributed by atoms with van der Waals surface area (Å²) in [4.78, 5) is 13.1. The quantitative estimate of drug-likeness (QED) is 0.878. The Morgan fingerprint density at radius 2 is 2.40 bits per heavy atom. The highest BCUT2D eigenvalue weighted by Gasteiger charge is 2.26. The van der Waals surface area contributed by atoms with E-state index >= 15 is 0 Å². The van der Waals surface area contributed by atoms with Gasteiger partial charge in [-0.15, -0.1) is 0 Å². The third kappa shape index (κ3) is 3.04. The highest BCUT2D eigenvalue weighted by molar-refractivity contribution is 9.10. The fourth-order valence-corrected chi connectivity index (χ4v) is 2.80. The van der Waals surface area contributed by atoms with Gasteiger partial charge in [-0.1, -0.05) is 6.07 Å². The Morgan fingerprint density at radius 1 is 1.65 bits per heavy atom. The topological polar surface area (TPSA) is 67.6 Å². The number of carbonyl (C=O) groups is 1. The highest BCUT2D eigenvalue weighted by atomic mass is 79.9. The van der Waals surface area contributed by atoms with Crippen LogP contribution in [0, 0.1) is 5.82 Å². The van der Waals surface area contributed by atoms with Crippen molar-refractivity contribution in [2.24, 2.45) is 5.73 Å². The van der Waals surface area contributed by atoms with Crippen LogP contribution in [0.3, 0.4) is 0 Å². The fourth-order valence-electron chi connectivity index (χ4n) is 2.30. The number of rotatable bonds is 3. The van der Waals surface area contributed by atoms with Crippen LogP contribution in [0.25, 0.3) is 0 Å². The lowest BCUT2D eigenvalue weighted by Crippen LogP contribution is -2.37. The minimum absolute atomic E-state index is 0.0326. The normalized spacial score (nSPS) is 18.2. The number of alkyl carbamates (subject to hydrolysis) is 1. The van der Waals surface area contributed by atoms with Gasteiger partial charge in [-0.05, 0) is 34.0 Å². The van der Waals surface area contributed by atoms with Crippen LogP contribution in [0.4, 0.5) is 14.9 Å². The van der Waals surface area contributed by atoms with Gasteiger partial charge in [0.15, 0.2) is 5.82 Å². The largest absolute Gasteiger partial charge is 0.453 e. The van der Waals surface area contributed by atoms with Crippen molar-refractivity contribution in [2.45, 2.75) is 19.0 Å². The molecule has 1 aromatic carbocycles. The molecule has 0 aromatic heterocycles. The second kappa shape index (κ2) is 6.41. The number of benzene rings is 1. The monoisotopic (exact) mass is 345 g/mol. The smallest absolute Gasteiger partial charge is 0.407 e. The van der Waals surface area contributed by atoms with E-state index in [0.29, 0.717) is 23.2 Å². The third-order valence-corrected chi connectivity index (χ3v) is 4.26. The molecule has 0 saturated carbocycles. The number of hydrogen-bond donors (Lipinski definition) is 2. The first-order valence-corrected chi connectivity index (χ1v) is 7.12. The number of ether oxygens (including phenoxy) is 1. The number of anilines is 1. The molecule has 7 heteroatoms. The molecule has 2 rings (SSSR count). The molecule has 1 saturated heterocycles. The molecule has 0 radical (unpaired) electrons. The lowest BCUT2D eigenvalue weighted by Gasteiger charge is -2.21. The van der Waals surface area contributed by atoms with E-state index in [2.05, 4.69) is 26.0 Å². The van der Waals surface area contributed by atoms with Crippen LogP contribution in [-0.4, -0.2) is 32.3 Å². The first-order valence-electron chi connectivity index (χ1n) is 6.33. The lowest BCUT2D eigenvalue weighted by atomic mass is 10.2. The Kier molecular flexibility index (Phi) is 4.82. The van der Waals surface area contributed by atoms with E-state index in [1.54, 1.807) is 6.07 Å². The number of hydrogen-bond acceptors (Lipinski definition) is 4. The maximum atomic E-state index is 14.3. The molecule has 1 unspecified atom stereocenters. The molecule has 1 aromatic rings. The van der Waals surface area contributed by atoms with Gasteiger partial charge in [-0.25, -0.2) is 9.18 Å². The SMILES string of the molecule is COC(=O)NC1CCN(c2ccc(CN)c(Br)c2F)C1. The summed E-state index contributed by atoms with van der Waals surface area (Å²) in [6, 6.07) is 3.50. The lowest BCUT2D eigenvalue weighted by molar-refractivity contribution is 0.167. The summed E-state index contributed by atoms with van der Waals surface area (Å²) in [6.45, 7) is 1.52. The summed E-state index contributed by atoms with van der Waals surface area (Å²) in [6.07, 6.45) is 0.294. The van der Waals surface area contributed by atoms with Gasteiger partial charge in [0.05, 0.1) is 23.3 Å². The first kappa shape index (κ1) is 15.1. The Hall–Kier alpha value is -1.34. The summed E-state index contributed by atoms with van der Waals surface area (Å²) >= 11 is 3.23. The molecule has 1 amide bonds. The van der Waals surface area contributed by atoms with Crippen LogP contribution in [0.5, 0.6) is 0 Å². The predicted molar refractivity (Wildman–Crippen MR) is 78.2 cm³/mol. The van der Waals surface area contributed by atoms with Crippen molar-refractivity contribution >= 4 is 27.7 Å². The molecule has 1 fully saturated rings. The van der Waals surface area contributed by atoms with E-state index in [4.69, 9.17) is 5.73 Å². The van der Waals surface area contributed by atoms with E-state index in [0.717, 1.165) is 12.0 Å². The number of nitrogens with two attached hydrogens (primary N) is 1. The van der Waals surface area contributed by atoms with Gasteiger partial charge in [0.2, 0.25) is 0 Å². The fraction of sp³-hybridized carbons (Fsp3) is 0.462. The van der Waals surface area contributed by atoms with E-state index < -0.39 is 6.09 Å². The Labute approximate surface area is 125 Å². The molecule has 20 heavy (non-hydrogen) atoms. The maximum absolute atomic E-state index is 14.3. The van der Waals surface area contributed by atoms with Crippen molar-refractivity contribution in [1.29, 1.82) is 0 Å². The van der Waals surface area contributed by atoms with E-state index in [9.17, 15) is 9.18 Å². The first-order chi connectivity index (χ1) is 9.56. The summed E-state index contributed by atoms with van der Waals surface area (Å²) in [5.41, 5.74) is 6.79. The second-order valence-electron chi connectivity index (χ2n) is 4.64. The Bertz CT molecular complexity index is 513. The molecule has 1 heterocycles. The van der Waals surface area contributed by atoms with Crippen LogP contribution >= 0.6 is 15.9 Å². The van der Waals surface area contributed by atoms with Crippen molar-refractivity contribution in [1.82, 2.24) is 5.32 Å². The number of methoxy groups -OCH3 is 1. The number of carbonyl (C=O) groups excluding carboxylic acids is 1. The van der Waals surface area contributed by atoms with Crippen molar-refractivity contribution < 1.29 is 13.9 Å². The molecule has 1 atom stereocenters. The summed E-state index contributed by atoms with van der Waals surface area (Å²) in [5.74, 6) is -0.313. The minimum Gasteiger partial charge on any atom is -0.453 e. The number of nitrogens with one attached hydrogen (secondary N) is 1. The van der Waals surface area contributed by atoms with Gasteiger partial charge >= 0.3 is 6.09 Å². The summed E-state index contributed by atoms with van der Waals surface area (Å²) in [5, 5.41) is 2.73. The maximum Gasteiger partial charge on any atom is 0.407 e. The van der Waals surface area contributed by atoms with Crippen molar-refractivity contribution in [3.05, 3.63) is 28.0 Å². The number of amides is 1. The zero-order chi connectivity index (χ0) is 14.7. The van der Waals surface area contributed by atoms with Crippen molar-refractivity contribution in [3.8, 4) is 0 Å². The molecular formula is C13H17BrFN3O2.